The van der Waals surface area contributed by atoms with E-state index in [2.05, 4.69) is 5.32 Å². The second-order valence-electron chi connectivity index (χ2n) is 4.76. The number of aryl methyl sites for hydroxylation is 1. The summed E-state index contributed by atoms with van der Waals surface area (Å²) in [6.45, 7) is 0.238. The quantitative estimate of drug-likeness (QED) is 0.805. The van der Waals surface area contributed by atoms with Gasteiger partial charge in [-0.2, -0.15) is 0 Å². The van der Waals surface area contributed by atoms with Gasteiger partial charge in [0.05, 0.1) is 11.4 Å². The van der Waals surface area contributed by atoms with Crippen LogP contribution in [0, 0.1) is 0 Å². The maximum absolute atomic E-state index is 12.1. The number of rotatable bonds is 4. The standard InChI is InChI=1S/C16H14N2O3S/c1-18-8-2-4-12(16(18)20)15(19)17-10-11-6-7-13(21-11)14-5-3-9-22-14/h2-9H,10H2,1H3,(H,17,19). The van der Waals surface area contributed by atoms with Crippen molar-refractivity contribution in [1.82, 2.24) is 9.88 Å². The molecule has 112 valence electrons. The number of pyridine rings is 1. The average molecular weight is 314 g/mol. The highest BCUT2D eigenvalue weighted by Crippen LogP contribution is 2.26. The van der Waals surface area contributed by atoms with Crippen molar-refractivity contribution >= 4 is 17.2 Å². The van der Waals surface area contributed by atoms with Crippen molar-refractivity contribution < 1.29 is 9.21 Å². The number of thiophene rings is 1. The van der Waals surface area contributed by atoms with Gasteiger partial charge >= 0.3 is 0 Å². The van der Waals surface area contributed by atoms with Crippen molar-refractivity contribution in [3.8, 4) is 10.6 Å². The summed E-state index contributed by atoms with van der Waals surface area (Å²) in [5, 5.41) is 4.68. The molecule has 22 heavy (non-hydrogen) atoms. The molecule has 0 atom stereocenters. The predicted octanol–water partition coefficient (Wildman–Crippen LogP) is 2.64. The Bertz CT molecular complexity index is 846. The van der Waals surface area contributed by atoms with E-state index >= 15 is 0 Å². The van der Waals surface area contributed by atoms with E-state index in [0.29, 0.717) is 5.76 Å². The molecule has 0 unspecified atom stereocenters. The Morgan fingerprint density at radius 1 is 1.27 bits per heavy atom. The normalized spacial score (nSPS) is 10.6. The minimum atomic E-state index is -0.407. The number of amides is 1. The highest BCUT2D eigenvalue weighted by Gasteiger charge is 2.12. The summed E-state index contributed by atoms with van der Waals surface area (Å²) >= 11 is 1.59. The van der Waals surface area contributed by atoms with E-state index in [1.54, 1.807) is 30.6 Å². The van der Waals surface area contributed by atoms with Crippen LogP contribution in [0.4, 0.5) is 0 Å². The zero-order chi connectivity index (χ0) is 15.5. The number of carbonyl (C=O) groups excluding carboxylic acids is 1. The third kappa shape index (κ3) is 2.87. The number of furan rings is 1. The summed E-state index contributed by atoms with van der Waals surface area (Å²) < 4.78 is 7.05. The molecule has 3 heterocycles. The molecular formula is C16H14N2O3S. The van der Waals surface area contributed by atoms with Gasteiger partial charge in [0.25, 0.3) is 11.5 Å². The Labute approximate surface area is 130 Å². The lowest BCUT2D eigenvalue weighted by Gasteiger charge is -2.04. The first-order valence-electron chi connectivity index (χ1n) is 6.71. The smallest absolute Gasteiger partial charge is 0.263 e. The molecule has 0 aromatic carbocycles. The molecule has 6 heteroatoms. The monoisotopic (exact) mass is 314 g/mol. The first-order valence-corrected chi connectivity index (χ1v) is 7.59. The fourth-order valence-electron chi connectivity index (χ4n) is 2.06. The lowest BCUT2D eigenvalue weighted by Crippen LogP contribution is -2.31. The molecule has 1 amide bonds. The van der Waals surface area contributed by atoms with Gasteiger partial charge in [0.2, 0.25) is 0 Å². The Kier molecular flexibility index (Phi) is 3.93. The lowest BCUT2D eigenvalue weighted by atomic mass is 10.2. The molecule has 0 saturated heterocycles. The van der Waals surface area contributed by atoms with Crippen LogP contribution in [0.5, 0.6) is 0 Å². The average Bonchev–Trinajstić information content (AvgIpc) is 3.18. The summed E-state index contributed by atoms with van der Waals surface area (Å²) in [6.07, 6.45) is 1.61. The van der Waals surface area contributed by atoms with Crippen LogP contribution >= 0.6 is 11.3 Å². The summed E-state index contributed by atoms with van der Waals surface area (Å²) in [7, 11) is 1.61. The van der Waals surface area contributed by atoms with Gasteiger partial charge in [-0.05, 0) is 35.7 Å². The Morgan fingerprint density at radius 3 is 2.91 bits per heavy atom. The SMILES string of the molecule is Cn1cccc(C(=O)NCc2ccc(-c3cccs3)o2)c1=O. The van der Waals surface area contributed by atoms with Gasteiger partial charge in [-0.25, -0.2) is 0 Å². The fraction of sp³-hybridized carbons (Fsp3) is 0.125. The molecular weight excluding hydrogens is 300 g/mol. The molecule has 3 aromatic rings. The zero-order valence-electron chi connectivity index (χ0n) is 11.9. The number of carbonyl (C=O) groups is 1. The first kappa shape index (κ1) is 14.3. The van der Waals surface area contributed by atoms with E-state index in [-0.39, 0.29) is 17.7 Å². The van der Waals surface area contributed by atoms with Crippen LogP contribution in [0.3, 0.4) is 0 Å². The molecule has 0 radical (unpaired) electrons. The molecule has 5 nitrogen and oxygen atoms in total. The van der Waals surface area contributed by atoms with E-state index in [1.807, 2.05) is 29.6 Å². The molecule has 0 aliphatic carbocycles. The molecule has 0 bridgehead atoms. The largest absolute Gasteiger partial charge is 0.458 e. The van der Waals surface area contributed by atoms with Crippen molar-refractivity contribution in [2.75, 3.05) is 0 Å². The molecule has 0 fully saturated rings. The van der Waals surface area contributed by atoms with Crippen LogP contribution in [-0.4, -0.2) is 10.5 Å². The topological polar surface area (TPSA) is 64.2 Å². The van der Waals surface area contributed by atoms with E-state index in [1.165, 1.54) is 10.6 Å². The predicted molar refractivity (Wildman–Crippen MR) is 84.9 cm³/mol. The third-order valence-corrected chi connectivity index (χ3v) is 4.10. The Hall–Kier alpha value is -2.60. The first-order chi connectivity index (χ1) is 10.6. The van der Waals surface area contributed by atoms with Crippen LogP contribution in [-0.2, 0) is 13.6 Å². The van der Waals surface area contributed by atoms with Crippen LogP contribution in [0.15, 0.2) is 57.2 Å². The molecule has 3 aromatic heterocycles. The minimum absolute atomic E-state index is 0.120. The van der Waals surface area contributed by atoms with Crippen molar-refractivity contribution in [2.24, 2.45) is 7.05 Å². The third-order valence-electron chi connectivity index (χ3n) is 3.22. The van der Waals surface area contributed by atoms with E-state index in [4.69, 9.17) is 4.42 Å². The maximum atomic E-state index is 12.1. The van der Waals surface area contributed by atoms with Gasteiger partial charge in [0, 0.05) is 13.2 Å². The molecule has 3 rings (SSSR count). The second kappa shape index (κ2) is 6.03. The molecule has 0 spiro atoms. The van der Waals surface area contributed by atoms with Gasteiger partial charge in [0.15, 0.2) is 0 Å². The van der Waals surface area contributed by atoms with Crippen molar-refractivity contribution in [3.05, 3.63) is 69.7 Å². The van der Waals surface area contributed by atoms with Crippen LogP contribution in [0.1, 0.15) is 16.1 Å². The molecule has 1 N–H and O–H groups in total. The van der Waals surface area contributed by atoms with Crippen molar-refractivity contribution in [1.29, 1.82) is 0 Å². The van der Waals surface area contributed by atoms with Gasteiger partial charge in [-0.15, -0.1) is 11.3 Å². The zero-order valence-corrected chi connectivity index (χ0v) is 12.7. The summed E-state index contributed by atoms with van der Waals surface area (Å²) in [5.74, 6) is 1.01. The maximum Gasteiger partial charge on any atom is 0.263 e. The number of hydrogen-bond acceptors (Lipinski definition) is 4. The number of aromatic nitrogens is 1. The fourth-order valence-corrected chi connectivity index (χ4v) is 2.74. The number of nitrogens with one attached hydrogen (secondary N) is 1. The molecule has 0 aliphatic rings. The molecule has 0 aliphatic heterocycles. The molecule has 0 saturated carbocycles. The lowest BCUT2D eigenvalue weighted by molar-refractivity contribution is 0.0946. The van der Waals surface area contributed by atoms with Crippen LogP contribution in [0.2, 0.25) is 0 Å². The van der Waals surface area contributed by atoms with Gasteiger partial charge in [-0.1, -0.05) is 6.07 Å². The van der Waals surface area contributed by atoms with Gasteiger partial charge in [0.1, 0.15) is 17.1 Å². The highest BCUT2D eigenvalue weighted by molar-refractivity contribution is 7.13. The van der Waals surface area contributed by atoms with Crippen LogP contribution in [0.25, 0.3) is 10.6 Å². The summed E-state index contributed by atoms with van der Waals surface area (Å²) in [6, 6.07) is 10.8. The second-order valence-corrected chi connectivity index (χ2v) is 5.71. The summed E-state index contributed by atoms with van der Waals surface area (Å²) in [5.41, 5.74) is -0.200. The van der Waals surface area contributed by atoms with Gasteiger partial charge < -0.3 is 14.3 Å². The van der Waals surface area contributed by atoms with Gasteiger partial charge in [-0.3, -0.25) is 9.59 Å². The van der Waals surface area contributed by atoms with E-state index in [0.717, 1.165) is 10.6 Å². The Balaban J connectivity index is 1.69. The Morgan fingerprint density at radius 2 is 2.14 bits per heavy atom. The minimum Gasteiger partial charge on any atom is -0.458 e. The van der Waals surface area contributed by atoms with E-state index in [9.17, 15) is 9.59 Å². The summed E-state index contributed by atoms with van der Waals surface area (Å²) in [4.78, 5) is 25.0. The van der Waals surface area contributed by atoms with Crippen LogP contribution < -0.4 is 10.9 Å². The number of hydrogen-bond donors (Lipinski definition) is 1. The number of nitrogens with zero attached hydrogens (tertiary/aromatic N) is 1. The van der Waals surface area contributed by atoms with Crippen molar-refractivity contribution in [2.45, 2.75) is 6.54 Å². The van der Waals surface area contributed by atoms with E-state index < -0.39 is 5.91 Å². The van der Waals surface area contributed by atoms with Crippen molar-refractivity contribution in [3.63, 3.8) is 0 Å². The highest BCUT2D eigenvalue weighted by atomic mass is 32.1.